The summed E-state index contributed by atoms with van der Waals surface area (Å²) >= 11 is 1.62. The Kier molecular flexibility index (Phi) is 2.95. The minimum Gasteiger partial charge on any atom is -0.302 e. The predicted octanol–water partition coefficient (Wildman–Crippen LogP) is 3.89. The highest BCUT2D eigenvalue weighted by Crippen LogP contribution is 2.46. The van der Waals surface area contributed by atoms with Crippen molar-refractivity contribution >= 4 is 22.7 Å². The van der Waals surface area contributed by atoms with E-state index >= 15 is 0 Å². The molecule has 0 unspecified atom stereocenters. The molecule has 116 valence electrons. The van der Waals surface area contributed by atoms with E-state index < -0.39 is 0 Å². The van der Waals surface area contributed by atoms with Crippen molar-refractivity contribution in [1.82, 2.24) is 24.7 Å². The molecule has 3 aromatic rings. The molecule has 6 heteroatoms. The first-order valence-electron chi connectivity index (χ1n) is 8.13. The molecule has 0 amide bonds. The van der Waals surface area contributed by atoms with E-state index in [1.54, 1.807) is 18.1 Å². The zero-order chi connectivity index (χ0) is 15.4. The van der Waals surface area contributed by atoms with E-state index in [1.165, 1.54) is 37.1 Å². The lowest BCUT2D eigenvalue weighted by Crippen LogP contribution is -2.02. The van der Waals surface area contributed by atoms with E-state index in [9.17, 15) is 0 Å². The van der Waals surface area contributed by atoms with E-state index in [2.05, 4.69) is 49.9 Å². The van der Waals surface area contributed by atoms with Crippen LogP contribution in [0.15, 0.2) is 34.7 Å². The molecule has 5 nitrogen and oxygen atoms in total. The van der Waals surface area contributed by atoms with Gasteiger partial charge in [-0.25, -0.2) is 9.97 Å². The number of hydrogen-bond acceptors (Lipinski definition) is 5. The first kappa shape index (κ1) is 13.5. The van der Waals surface area contributed by atoms with Crippen molar-refractivity contribution in [3.05, 3.63) is 35.9 Å². The summed E-state index contributed by atoms with van der Waals surface area (Å²) in [5, 5.41) is 12.0. The van der Waals surface area contributed by atoms with Crippen LogP contribution in [0.1, 0.15) is 49.0 Å². The van der Waals surface area contributed by atoms with Crippen LogP contribution in [0, 0.1) is 6.92 Å². The van der Waals surface area contributed by atoms with Gasteiger partial charge in [0.25, 0.3) is 0 Å². The molecular formula is C17H17N5S. The minimum absolute atomic E-state index is 0.595. The summed E-state index contributed by atoms with van der Waals surface area (Å²) in [4.78, 5) is 8.88. The van der Waals surface area contributed by atoms with E-state index in [-0.39, 0.29) is 0 Å². The summed E-state index contributed by atoms with van der Waals surface area (Å²) in [7, 11) is 0. The molecule has 0 bridgehead atoms. The van der Waals surface area contributed by atoms with Crippen molar-refractivity contribution in [2.75, 3.05) is 0 Å². The van der Waals surface area contributed by atoms with Crippen LogP contribution in [0.25, 0.3) is 10.9 Å². The lowest BCUT2D eigenvalue weighted by Gasteiger charge is -2.09. The maximum Gasteiger partial charge on any atom is 0.197 e. The molecule has 2 aliphatic carbocycles. The van der Waals surface area contributed by atoms with Crippen molar-refractivity contribution < 1.29 is 0 Å². The van der Waals surface area contributed by atoms with Crippen molar-refractivity contribution in [1.29, 1.82) is 0 Å². The number of hydrogen-bond donors (Lipinski definition) is 0. The molecule has 2 saturated carbocycles. The third-order valence-corrected chi connectivity index (χ3v) is 5.47. The highest BCUT2D eigenvalue weighted by atomic mass is 32.2. The second-order valence-electron chi connectivity index (χ2n) is 6.52. The summed E-state index contributed by atoms with van der Waals surface area (Å²) in [6.45, 7) is 2.10. The van der Waals surface area contributed by atoms with Gasteiger partial charge in [0.15, 0.2) is 5.16 Å². The Bertz CT molecular complexity index is 895. The molecule has 23 heavy (non-hydrogen) atoms. The Morgan fingerprint density at radius 3 is 2.74 bits per heavy atom. The van der Waals surface area contributed by atoms with Gasteiger partial charge in [0, 0.05) is 17.3 Å². The Hall–Kier alpha value is -1.95. The molecule has 2 fully saturated rings. The van der Waals surface area contributed by atoms with Crippen LogP contribution in [0.3, 0.4) is 0 Å². The second kappa shape index (κ2) is 5.03. The lowest BCUT2D eigenvalue weighted by atomic mass is 10.2. The molecule has 2 heterocycles. The van der Waals surface area contributed by atoms with Gasteiger partial charge in [-0.15, -0.1) is 10.2 Å². The van der Waals surface area contributed by atoms with Gasteiger partial charge in [-0.2, -0.15) is 0 Å². The van der Waals surface area contributed by atoms with E-state index in [0.29, 0.717) is 12.0 Å². The van der Waals surface area contributed by atoms with Gasteiger partial charge < -0.3 is 4.57 Å². The highest BCUT2D eigenvalue weighted by Gasteiger charge is 2.36. The summed E-state index contributed by atoms with van der Waals surface area (Å²) < 4.78 is 2.37. The molecule has 0 N–H and O–H groups in total. The van der Waals surface area contributed by atoms with Gasteiger partial charge in [-0.1, -0.05) is 11.6 Å². The smallest absolute Gasteiger partial charge is 0.197 e. The van der Waals surface area contributed by atoms with E-state index in [0.717, 1.165) is 21.1 Å². The van der Waals surface area contributed by atoms with E-state index in [1.807, 2.05) is 0 Å². The van der Waals surface area contributed by atoms with Crippen molar-refractivity contribution in [3.63, 3.8) is 0 Å². The van der Waals surface area contributed by atoms with Crippen LogP contribution < -0.4 is 0 Å². The Labute approximate surface area is 138 Å². The van der Waals surface area contributed by atoms with Gasteiger partial charge in [0.2, 0.25) is 0 Å². The number of aryl methyl sites for hydroxylation is 1. The molecule has 5 rings (SSSR count). The number of aromatic nitrogens is 5. The number of nitrogens with zero attached hydrogens (tertiary/aromatic N) is 5. The Balaban J connectivity index is 1.58. The predicted molar refractivity (Wildman–Crippen MR) is 88.7 cm³/mol. The molecule has 1 aromatic carbocycles. The number of fused-ring (bicyclic) bond motifs is 1. The van der Waals surface area contributed by atoms with Crippen molar-refractivity contribution in [2.45, 2.75) is 54.7 Å². The largest absolute Gasteiger partial charge is 0.302 e. The number of rotatable bonds is 4. The summed E-state index contributed by atoms with van der Waals surface area (Å²) in [5.41, 5.74) is 2.20. The summed E-state index contributed by atoms with van der Waals surface area (Å²) in [5.74, 6) is 1.81. The first-order chi connectivity index (χ1) is 11.3. The summed E-state index contributed by atoms with van der Waals surface area (Å²) in [6.07, 6.45) is 6.64. The van der Waals surface area contributed by atoms with Crippen LogP contribution >= 0.6 is 11.8 Å². The fourth-order valence-electron chi connectivity index (χ4n) is 2.97. The second-order valence-corrected chi connectivity index (χ2v) is 7.47. The summed E-state index contributed by atoms with van der Waals surface area (Å²) in [6, 6.07) is 6.88. The third-order valence-electron chi connectivity index (χ3n) is 4.49. The topological polar surface area (TPSA) is 56.5 Å². The molecule has 0 aliphatic heterocycles. The monoisotopic (exact) mass is 323 g/mol. The fourth-order valence-corrected chi connectivity index (χ4v) is 3.94. The average Bonchev–Trinajstić information content (AvgIpc) is 3.47. The highest BCUT2D eigenvalue weighted by molar-refractivity contribution is 7.99. The van der Waals surface area contributed by atoms with Crippen LogP contribution in [0.2, 0.25) is 0 Å². The molecule has 0 saturated heterocycles. The molecule has 2 aromatic heterocycles. The SMILES string of the molecule is Cc1ccc2ncnc(Sc3nnc(C4CC4)n3C3CC3)c2c1. The molecular weight excluding hydrogens is 306 g/mol. The fraction of sp³-hybridized carbons (Fsp3) is 0.412. The van der Waals surface area contributed by atoms with Crippen molar-refractivity contribution in [2.24, 2.45) is 0 Å². The maximum atomic E-state index is 4.50. The molecule has 0 spiro atoms. The van der Waals surface area contributed by atoms with E-state index in [4.69, 9.17) is 0 Å². The number of benzene rings is 1. The van der Waals surface area contributed by atoms with Crippen molar-refractivity contribution in [3.8, 4) is 0 Å². The average molecular weight is 323 g/mol. The normalized spacial score (nSPS) is 17.8. The van der Waals surface area contributed by atoms with Gasteiger partial charge in [-0.05, 0) is 56.5 Å². The zero-order valence-electron chi connectivity index (χ0n) is 12.9. The first-order valence-corrected chi connectivity index (χ1v) is 8.95. The Morgan fingerprint density at radius 1 is 1.09 bits per heavy atom. The van der Waals surface area contributed by atoms with Crippen LogP contribution in [-0.4, -0.2) is 24.7 Å². The standard InChI is InChI=1S/C17H17N5S/c1-10-2-7-14-13(8-10)16(19-9-18-14)23-17-21-20-15(11-3-4-11)22(17)12-5-6-12/h2,7-9,11-12H,3-6H2,1H3. The molecule has 2 aliphatic rings. The van der Waals surface area contributed by atoms with Gasteiger partial charge in [-0.3, -0.25) is 0 Å². The lowest BCUT2D eigenvalue weighted by molar-refractivity contribution is 0.626. The quantitative estimate of drug-likeness (QED) is 0.682. The molecule has 0 atom stereocenters. The van der Waals surface area contributed by atoms with Gasteiger partial charge in [0.05, 0.1) is 5.52 Å². The van der Waals surface area contributed by atoms with Crippen LogP contribution in [0.5, 0.6) is 0 Å². The maximum absolute atomic E-state index is 4.50. The zero-order valence-corrected chi connectivity index (χ0v) is 13.8. The van der Waals surface area contributed by atoms with Gasteiger partial charge >= 0.3 is 0 Å². The third kappa shape index (κ3) is 2.41. The molecule has 0 radical (unpaired) electrons. The Morgan fingerprint density at radius 2 is 1.96 bits per heavy atom. The van der Waals surface area contributed by atoms with Crippen LogP contribution in [-0.2, 0) is 0 Å². The van der Waals surface area contributed by atoms with Gasteiger partial charge in [0.1, 0.15) is 17.2 Å². The minimum atomic E-state index is 0.595. The van der Waals surface area contributed by atoms with Crippen LogP contribution in [0.4, 0.5) is 0 Å².